The number of carboxylic acid groups (broad SMARTS) is 1. The number of rotatable bonds is 3. The van der Waals surface area contributed by atoms with Crippen molar-refractivity contribution in [2.24, 2.45) is 50.2 Å². The minimum absolute atomic E-state index is 0.0778. The summed E-state index contributed by atoms with van der Waals surface area (Å²) >= 11 is 0. The van der Waals surface area contributed by atoms with Crippen molar-refractivity contribution >= 4 is 11.9 Å². The molecule has 11 atom stereocenters. The van der Waals surface area contributed by atoms with Gasteiger partial charge in [0.1, 0.15) is 0 Å². The first-order valence-electron chi connectivity index (χ1n) is 14.6. The summed E-state index contributed by atoms with van der Waals surface area (Å²) in [7, 11) is 1.41. The number of ether oxygens (including phenoxy) is 1. The van der Waals surface area contributed by atoms with Gasteiger partial charge >= 0.3 is 11.9 Å². The highest BCUT2D eigenvalue weighted by Gasteiger charge is 2.71. The Bertz CT molecular complexity index is 1050. The summed E-state index contributed by atoms with van der Waals surface area (Å²) in [6.07, 6.45) is 6.37. The van der Waals surface area contributed by atoms with E-state index in [1.165, 1.54) is 12.7 Å². The number of esters is 1. The summed E-state index contributed by atoms with van der Waals surface area (Å²) < 4.78 is 5.18. The Balaban J connectivity index is 1.61. The Morgan fingerprint density at radius 2 is 1.63 bits per heavy atom. The number of carbonyl (C=O) groups excluding carboxylic acids is 1. The van der Waals surface area contributed by atoms with Crippen LogP contribution in [0.2, 0.25) is 0 Å². The lowest BCUT2D eigenvalue weighted by atomic mass is 9.33. The monoisotopic (exact) mass is 532 g/mol. The van der Waals surface area contributed by atoms with E-state index in [2.05, 4.69) is 26.8 Å². The average Bonchev–Trinajstić information content (AvgIpc) is 2.87. The van der Waals surface area contributed by atoms with E-state index in [0.717, 1.165) is 25.7 Å². The van der Waals surface area contributed by atoms with Crippen molar-refractivity contribution in [2.75, 3.05) is 13.7 Å². The van der Waals surface area contributed by atoms with E-state index in [1.54, 1.807) is 0 Å². The third-order valence-corrected chi connectivity index (χ3v) is 13.6. The Morgan fingerprint density at radius 3 is 2.24 bits per heavy atom. The highest BCUT2D eigenvalue weighted by Crippen LogP contribution is 2.75. The van der Waals surface area contributed by atoms with Crippen molar-refractivity contribution in [3.8, 4) is 0 Å². The Labute approximate surface area is 227 Å². The summed E-state index contributed by atoms with van der Waals surface area (Å²) in [4.78, 5) is 25.8. The quantitative estimate of drug-likeness (QED) is 0.315. The average molecular weight is 533 g/mol. The van der Waals surface area contributed by atoms with E-state index in [1.807, 2.05) is 13.8 Å². The van der Waals surface area contributed by atoms with Crippen molar-refractivity contribution < 1.29 is 34.8 Å². The molecule has 0 aromatic heterocycles. The van der Waals surface area contributed by atoms with E-state index in [4.69, 9.17) is 4.74 Å². The Hall–Kier alpha value is -1.44. The number of hydrogen-bond acceptors (Lipinski definition) is 6. The number of hydrogen-bond donors (Lipinski definition) is 4. The Morgan fingerprint density at radius 1 is 0.974 bits per heavy atom. The zero-order valence-electron chi connectivity index (χ0n) is 24.0. The number of aliphatic hydroxyl groups excluding tert-OH is 3. The first-order chi connectivity index (χ1) is 17.6. The van der Waals surface area contributed by atoms with Gasteiger partial charge in [0.25, 0.3) is 0 Å². The lowest BCUT2D eigenvalue weighted by molar-refractivity contribution is -0.243. The van der Waals surface area contributed by atoms with E-state index >= 15 is 0 Å². The minimum Gasteiger partial charge on any atom is -0.481 e. The molecule has 38 heavy (non-hydrogen) atoms. The zero-order chi connectivity index (χ0) is 28.1. The SMILES string of the molecule is COC(=O)[C@]1(C)CC[C@]2(C(=O)O)CC[C@]3(C)C(=CC[C@@H]4[C@@]5(C)C[C@H](O)[C@H](O)[C@@](C)(CO)[C@@H]5CC[C@]43C)[C@@H]2C1. The van der Waals surface area contributed by atoms with Crippen LogP contribution >= 0.6 is 0 Å². The fourth-order valence-electron chi connectivity index (χ4n) is 11.0. The van der Waals surface area contributed by atoms with Gasteiger partial charge in [-0.2, -0.15) is 0 Å². The van der Waals surface area contributed by atoms with Crippen molar-refractivity contribution in [1.82, 2.24) is 0 Å². The molecule has 0 radical (unpaired) electrons. The second-order valence-electron chi connectivity index (χ2n) is 14.9. The predicted octanol–water partition coefficient (Wildman–Crippen LogP) is 4.33. The van der Waals surface area contributed by atoms with Gasteiger partial charge in [0.05, 0.1) is 36.8 Å². The lowest BCUT2D eigenvalue weighted by Gasteiger charge is -2.71. The number of methoxy groups -OCH3 is 1. The maximum absolute atomic E-state index is 12.9. The van der Waals surface area contributed by atoms with Crippen LogP contribution < -0.4 is 0 Å². The van der Waals surface area contributed by atoms with Crippen LogP contribution in [0.25, 0.3) is 0 Å². The molecule has 0 aromatic rings. The third kappa shape index (κ3) is 3.24. The fourth-order valence-corrected chi connectivity index (χ4v) is 11.0. The van der Waals surface area contributed by atoms with Gasteiger partial charge in [-0.25, -0.2) is 0 Å². The van der Waals surface area contributed by atoms with Crippen LogP contribution in [-0.4, -0.2) is 58.3 Å². The molecule has 0 amide bonds. The smallest absolute Gasteiger partial charge is 0.311 e. The largest absolute Gasteiger partial charge is 0.481 e. The molecule has 0 aliphatic heterocycles. The van der Waals surface area contributed by atoms with Gasteiger partial charge in [0, 0.05) is 5.41 Å². The van der Waals surface area contributed by atoms with Crippen molar-refractivity contribution in [1.29, 1.82) is 0 Å². The molecule has 5 aliphatic rings. The molecule has 4 N–H and O–H groups in total. The number of carbonyl (C=O) groups is 2. The van der Waals surface area contributed by atoms with E-state index in [0.29, 0.717) is 32.1 Å². The molecular weight excluding hydrogens is 484 g/mol. The summed E-state index contributed by atoms with van der Waals surface area (Å²) in [6.45, 7) is 10.6. The molecule has 0 aromatic carbocycles. The summed E-state index contributed by atoms with van der Waals surface area (Å²) in [5.74, 6) is -0.919. The number of aliphatic carboxylic acids is 1. The third-order valence-electron chi connectivity index (χ3n) is 13.6. The highest BCUT2D eigenvalue weighted by atomic mass is 16.5. The Kier molecular flexibility index (Phi) is 6.31. The van der Waals surface area contributed by atoms with Crippen LogP contribution in [0.5, 0.6) is 0 Å². The molecule has 4 fully saturated rings. The van der Waals surface area contributed by atoms with E-state index in [-0.39, 0.29) is 46.6 Å². The molecule has 0 saturated heterocycles. The van der Waals surface area contributed by atoms with Crippen LogP contribution in [0.4, 0.5) is 0 Å². The number of carboxylic acids is 1. The van der Waals surface area contributed by atoms with Gasteiger partial charge in [-0.3, -0.25) is 9.59 Å². The van der Waals surface area contributed by atoms with Gasteiger partial charge in [0.2, 0.25) is 0 Å². The minimum atomic E-state index is -0.954. The molecule has 0 spiro atoms. The molecule has 214 valence electrons. The number of aliphatic hydroxyl groups is 3. The first kappa shape index (κ1) is 28.1. The van der Waals surface area contributed by atoms with Gasteiger partial charge in [-0.15, -0.1) is 0 Å². The van der Waals surface area contributed by atoms with Gasteiger partial charge in [0.15, 0.2) is 0 Å². The standard InChI is InChI=1S/C31H48O7/c1-26(25(37)38-6)11-13-31(24(35)36)14-12-29(4)18(19(31)15-26)7-8-22-27(2)16-20(33)23(34)28(3,17-32)21(27)9-10-30(22,29)5/h7,19-23,32-34H,8-17H2,1-6H3,(H,35,36)/t19-,20-,21+,22+,23-,26+,27-,28-,29+,30+,31-/m0/s1. The van der Waals surface area contributed by atoms with Crippen LogP contribution in [0.1, 0.15) is 92.4 Å². The zero-order valence-corrected chi connectivity index (χ0v) is 24.0. The van der Waals surface area contributed by atoms with Crippen LogP contribution in [0.3, 0.4) is 0 Å². The van der Waals surface area contributed by atoms with Crippen molar-refractivity contribution in [2.45, 2.75) is 105 Å². The maximum atomic E-state index is 12.9. The molecule has 4 saturated carbocycles. The maximum Gasteiger partial charge on any atom is 0.311 e. The topological polar surface area (TPSA) is 124 Å². The summed E-state index contributed by atoms with van der Waals surface area (Å²) in [5, 5.41) is 43.0. The molecule has 0 unspecified atom stereocenters. The molecule has 0 bridgehead atoms. The molecule has 5 aliphatic carbocycles. The van der Waals surface area contributed by atoms with Gasteiger partial charge < -0.3 is 25.2 Å². The molecule has 0 heterocycles. The van der Waals surface area contributed by atoms with Crippen molar-refractivity contribution in [3.05, 3.63) is 11.6 Å². The second-order valence-corrected chi connectivity index (χ2v) is 14.9. The van der Waals surface area contributed by atoms with E-state index < -0.39 is 34.4 Å². The molecule has 5 rings (SSSR count). The van der Waals surface area contributed by atoms with Crippen LogP contribution in [0.15, 0.2) is 11.6 Å². The summed E-state index contributed by atoms with van der Waals surface area (Å²) in [6, 6.07) is 0. The molecular formula is C31H48O7. The second kappa shape index (κ2) is 8.53. The van der Waals surface area contributed by atoms with Crippen molar-refractivity contribution in [3.63, 3.8) is 0 Å². The van der Waals surface area contributed by atoms with Gasteiger partial charge in [-0.05, 0) is 98.7 Å². The van der Waals surface area contributed by atoms with Crippen LogP contribution in [0, 0.1) is 50.2 Å². The molecule has 7 heteroatoms. The number of allylic oxidation sites excluding steroid dienone is 2. The highest BCUT2D eigenvalue weighted by molar-refractivity contribution is 5.80. The number of fused-ring (bicyclic) bond motifs is 7. The normalized spacial score (nSPS) is 53.9. The predicted molar refractivity (Wildman–Crippen MR) is 142 cm³/mol. The van der Waals surface area contributed by atoms with Gasteiger partial charge in [-0.1, -0.05) is 39.3 Å². The first-order valence-corrected chi connectivity index (χ1v) is 14.6. The molecule has 7 nitrogen and oxygen atoms in total. The summed E-state index contributed by atoms with van der Waals surface area (Å²) in [5.41, 5.74) is -1.76. The van der Waals surface area contributed by atoms with Crippen LogP contribution in [-0.2, 0) is 14.3 Å². The lowest BCUT2D eigenvalue weighted by Crippen LogP contribution is -2.68. The van der Waals surface area contributed by atoms with E-state index in [9.17, 15) is 30.0 Å². The fraction of sp³-hybridized carbons (Fsp3) is 0.871.